The van der Waals surface area contributed by atoms with Gasteiger partial charge < -0.3 is 17.0 Å². The van der Waals surface area contributed by atoms with Crippen LogP contribution >= 0.6 is 0 Å². The number of hydrogen-bond acceptors (Lipinski definition) is 1. The largest absolute Gasteiger partial charge is 2.00 e. The number of aromatic nitrogens is 1. The maximum atomic E-state index is 4.36. The van der Waals surface area contributed by atoms with Gasteiger partial charge in [-0.15, -0.1) is 17.5 Å². The van der Waals surface area contributed by atoms with Crippen LogP contribution in [-0.4, -0.2) is 28.0 Å². The van der Waals surface area contributed by atoms with E-state index in [1.54, 1.807) is 0 Å². The molecule has 0 bridgehead atoms. The van der Waals surface area contributed by atoms with Crippen molar-refractivity contribution in [3.05, 3.63) is 42.1 Å². The maximum absolute atomic E-state index is 4.36. The molecule has 3 heteroatoms. The first-order valence-corrected chi connectivity index (χ1v) is 3.60. The van der Waals surface area contributed by atoms with Gasteiger partial charge in [-0.1, -0.05) is 6.07 Å². The van der Waals surface area contributed by atoms with Crippen LogP contribution < -0.4 is 17.0 Å². The van der Waals surface area contributed by atoms with Crippen molar-refractivity contribution in [3.8, 4) is 0 Å². The van der Waals surface area contributed by atoms with Gasteiger partial charge in [-0.3, -0.25) is 4.98 Å². The average Bonchev–Trinajstić information content (AvgIpc) is 2.04. The summed E-state index contributed by atoms with van der Waals surface area (Å²) in [5, 5.41) is 1.15. The van der Waals surface area contributed by atoms with Crippen molar-refractivity contribution in [2.24, 2.45) is 0 Å². The van der Waals surface area contributed by atoms with Crippen LogP contribution in [0.2, 0.25) is 0 Å². The normalized spacial score (nSPS) is 8.69. The summed E-state index contributed by atoms with van der Waals surface area (Å²) < 4.78 is 0. The predicted molar refractivity (Wildman–Crippen MR) is 51.1 cm³/mol. The summed E-state index contributed by atoms with van der Waals surface area (Å²) in [6.07, 6.45) is 0. The van der Waals surface area contributed by atoms with Crippen molar-refractivity contribution in [3.63, 3.8) is 0 Å². The number of hydrogen-bond donors (Lipinski definition) is 0. The fourth-order valence-electron chi connectivity index (χ4n) is 1.11. The fourth-order valence-corrected chi connectivity index (χ4v) is 1.11. The fraction of sp³-hybridized carbons (Fsp3) is 0.100. The number of nitrogens with zero attached hydrogens (tertiary/aromatic N) is 1. The molecule has 2 aromatic rings. The van der Waals surface area contributed by atoms with Gasteiger partial charge in [0.2, 0.25) is 0 Å². The molecule has 0 fully saturated rings. The summed E-state index contributed by atoms with van der Waals surface area (Å²) >= 11 is 0. The molecule has 0 atom stereocenters. The maximum Gasteiger partial charge on any atom is 2.00 e. The monoisotopic (exact) mass is 245 g/mol. The van der Waals surface area contributed by atoms with Gasteiger partial charge in [0.25, 0.3) is 0 Å². The molecule has 62 valence electrons. The first kappa shape index (κ1) is 12.9. The Kier molecular flexibility index (Phi) is 5.52. The topological polar surface area (TPSA) is 12.9 Å². The third-order valence-electron chi connectivity index (χ3n) is 1.67. The van der Waals surface area contributed by atoms with E-state index in [9.17, 15) is 0 Å². The first-order valence-electron chi connectivity index (χ1n) is 3.60. The van der Waals surface area contributed by atoms with Gasteiger partial charge in [0.1, 0.15) is 0 Å². The van der Waals surface area contributed by atoms with E-state index < -0.39 is 0 Å². The molecule has 2 rings (SSSR count). The van der Waals surface area contributed by atoms with E-state index in [1.807, 2.05) is 31.2 Å². The minimum absolute atomic E-state index is 0. The summed E-state index contributed by atoms with van der Waals surface area (Å²) in [4.78, 5) is 4.36. The summed E-state index contributed by atoms with van der Waals surface area (Å²) in [5.74, 6) is 0. The van der Waals surface area contributed by atoms with E-state index in [-0.39, 0.29) is 40.0 Å². The number of benzene rings is 1. The van der Waals surface area contributed by atoms with Crippen molar-refractivity contribution in [1.29, 1.82) is 0 Å². The molecule has 13 heavy (non-hydrogen) atoms. The second-order valence-electron chi connectivity index (χ2n) is 2.57. The van der Waals surface area contributed by atoms with E-state index in [1.165, 1.54) is 0 Å². The van der Waals surface area contributed by atoms with E-state index in [0.717, 1.165) is 16.6 Å². The van der Waals surface area contributed by atoms with Crippen LogP contribution in [0, 0.1) is 13.0 Å². The molecule has 0 spiro atoms. The molecule has 0 unspecified atom stereocenters. The molecule has 1 heterocycles. The van der Waals surface area contributed by atoms with Crippen LogP contribution in [0.15, 0.2) is 30.3 Å². The molecule has 0 aliphatic carbocycles. The summed E-state index contributed by atoms with van der Waals surface area (Å²) in [5.41, 5.74) is 2.10. The quantitative estimate of drug-likeness (QED) is 0.428. The zero-order valence-electron chi connectivity index (χ0n) is 7.42. The molecule has 0 aliphatic heterocycles. The molecule has 0 amide bonds. The summed E-state index contributed by atoms with van der Waals surface area (Å²) in [6, 6.07) is 12.9. The van der Waals surface area contributed by atoms with Crippen molar-refractivity contribution in [1.82, 2.24) is 4.98 Å². The SMILES string of the molecule is Cc1ccc2c[c-]ccc2n1.[Br-].[Mg+2]. The molecule has 0 N–H and O–H groups in total. The average molecular weight is 246 g/mol. The third kappa shape index (κ3) is 2.93. The van der Waals surface area contributed by atoms with Crippen LogP contribution in [0.1, 0.15) is 5.69 Å². The van der Waals surface area contributed by atoms with Gasteiger partial charge >= 0.3 is 23.1 Å². The second kappa shape index (κ2) is 5.57. The van der Waals surface area contributed by atoms with Crippen molar-refractivity contribution in [2.45, 2.75) is 6.92 Å². The smallest absolute Gasteiger partial charge is 1.00 e. The van der Waals surface area contributed by atoms with Crippen LogP contribution in [-0.2, 0) is 0 Å². The molecule has 0 aliphatic rings. The van der Waals surface area contributed by atoms with Gasteiger partial charge in [0.15, 0.2) is 0 Å². The van der Waals surface area contributed by atoms with Gasteiger partial charge in [0, 0.05) is 5.69 Å². The minimum Gasteiger partial charge on any atom is -1.00 e. The Morgan fingerprint density at radius 2 is 2.00 bits per heavy atom. The van der Waals surface area contributed by atoms with E-state index in [4.69, 9.17) is 0 Å². The van der Waals surface area contributed by atoms with Crippen LogP contribution in [0.5, 0.6) is 0 Å². The van der Waals surface area contributed by atoms with Crippen LogP contribution in [0.4, 0.5) is 0 Å². The van der Waals surface area contributed by atoms with Crippen molar-refractivity contribution >= 4 is 34.0 Å². The molecule has 0 saturated carbocycles. The van der Waals surface area contributed by atoms with Crippen LogP contribution in [0.25, 0.3) is 10.9 Å². The number of pyridine rings is 1. The van der Waals surface area contributed by atoms with Crippen molar-refractivity contribution < 1.29 is 17.0 Å². The van der Waals surface area contributed by atoms with Gasteiger partial charge in [-0.05, 0) is 12.4 Å². The Morgan fingerprint density at radius 3 is 2.77 bits per heavy atom. The van der Waals surface area contributed by atoms with E-state index in [2.05, 4.69) is 17.1 Å². The van der Waals surface area contributed by atoms with Crippen LogP contribution in [0.3, 0.4) is 0 Å². The second-order valence-corrected chi connectivity index (χ2v) is 2.57. The Balaban J connectivity index is 0.000000720. The Bertz CT molecular complexity index is 389. The van der Waals surface area contributed by atoms with Gasteiger partial charge in [-0.2, -0.15) is 18.2 Å². The molecule has 1 aromatic heterocycles. The molecule has 1 aromatic carbocycles. The van der Waals surface area contributed by atoms with Gasteiger partial charge in [-0.25, -0.2) is 0 Å². The molecule has 1 nitrogen and oxygen atoms in total. The number of rotatable bonds is 0. The molecular formula is C10H8BrMgN. The summed E-state index contributed by atoms with van der Waals surface area (Å²) in [7, 11) is 0. The molecular weight excluding hydrogens is 238 g/mol. The minimum atomic E-state index is 0. The predicted octanol–water partition coefficient (Wildman–Crippen LogP) is -1.03. The Labute approximate surface area is 104 Å². The summed E-state index contributed by atoms with van der Waals surface area (Å²) in [6.45, 7) is 2.00. The third-order valence-corrected chi connectivity index (χ3v) is 1.67. The Morgan fingerprint density at radius 1 is 1.23 bits per heavy atom. The molecule has 0 radical (unpaired) electrons. The Hall–Kier alpha value is -0.124. The molecule has 0 saturated heterocycles. The van der Waals surface area contributed by atoms with Gasteiger partial charge in [0.05, 0.1) is 0 Å². The first-order chi connectivity index (χ1) is 5.36. The standard InChI is InChI=1S/C10H8N.BrH.Mg/c1-8-6-7-9-4-2-3-5-10(9)11-8;;/h3-7H,1H3;1H;/q-1;;+2/p-1. The number of halogens is 1. The van der Waals surface area contributed by atoms with E-state index in [0.29, 0.717) is 0 Å². The number of aryl methyl sites for hydroxylation is 1. The van der Waals surface area contributed by atoms with E-state index >= 15 is 0 Å². The zero-order valence-corrected chi connectivity index (χ0v) is 10.4. The van der Waals surface area contributed by atoms with Crippen molar-refractivity contribution in [2.75, 3.05) is 0 Å². The number of fused-ring (bicyclic) bond motifs is 1. The zero-order chi connectivity index (χ0) is 7.68.